The van der Waals surface area contributed by atoms with Gasteiger partial charge in [-0.25, -0.2) is 5.10 Å². The summed E-state index contributed by atoms with van der Waals surface area (Å²) >= 11 is 0. The Morgan fingerprint density at radius 2 is 1.25 bits per heavy atom. The summed E-state index contributed by atoms with van der Waals surface area (Å²) in [6.07, 6.45) is 0. The largest absolute Gasteiger partial charge is 0.278 e. The van der Waals surface area contributed by atoms with E-state index in [-0.39, 0.29) is 0 Å². The molecule has 0 aliphatic carbocycles. The molecule has 1 N–H and O–H groups in total. The van der Waals surface area contributed by atoms with Crippen molar-refractivity contribution in [2.75, 3.05) is 0 Å². The molecular formula is C20H14N4. The molecule has 5 rings (SSSR count). The van der Waals surface area contributed by atoms with Crippen molar-refractivity contribution < 1.29 is 0 Å². The van der Waals surface area contributed by atoms with E-state index in [2.05, 4.69) is 51.2 Å². The third-order valence-corrected chi connectivity index (χ3v) is 4.30. The molecule has 0 spiro atoms. The van der Waals surface area contributed by atoms with Crippen LogP contribution in [0.4, 0.5) is 0 Å². The summed E-state index contributed by atoms with van der Waals surface area (Å²) < 4.78 is 2.13. The van der Waals surface area contributed by atoms with Gasteiger partial charge in [0, 0.05) is 16.3 Å². The Labute approximate surface area is 138 Å². The smallest absolute Gasteiger partial charge is 0.231 e. The normalized spacial score (nSPS) is 11.3. The Hall–Kier alpha value is -3.40. The number of hydrogen-bond acceptors (Lipinski definition) is 2. The molecule has 5 aromatic rings. The minimum absolute atomic E-state index is 0.701. The van der Waals surface area contributed by atoms with Crippen molar-refractivity contribution in [2.45, 2.75) is 0 Å². The van der Waals surface area contributed by atoms with Crippen LogP contribution in [-0.2, 0) is 0 Å². The van der Waals surface area contributed by atoms with Crippen LogP contribution in [0.5, 0.6) is 0 Å². The zero-order valence-corrected chi connectivity index (χ0v) is 12.8. The van der Waals surface area contributed by atoms with Gasteiger partial charge >= 0.3 is 0 Å². The summed E-state index contributed by atoms with van der Waals surface area (Å²) in [6, 6.07) is 26.7. The molecule has 0 saturated heterocycles. The van der Waals surface area contributed by atoms with Gasteiger partial charge in [0.2, 0.25) is 5.95 Å². The summed E-state index contributed by atoms with van der Waals surface area (Å²) in [5.74, 6) is 1.43. The van der Waals surface area contributed by atoms with Crippen molar-refractivity contribution in [3.8, 4) is 17.3 Å². The molecule has 4 nitrogen and oxygen atoms in total. The lowest BCUT2D eigenvalue weighted by atomic mass is 10.2. The molecule has 114 valence electrons. The van der Waals surface area contributed by atoms with Crippen molar-refractivity contribution >= 4 is 21.8 Å². The summed E-state index contributed by atoms with van der Waals surface area (Å²) in [6.45, 7) is 0. The average Bonchev–Trinajstić information content (AvgIpc) is 3.25. The van der Waals surface area contributed by atoms with E-state index in [1.807, 2.05) is 42.5 Å². The van der Waals surface area contributed by atoms with Gasteiger partial charge in [0.25, 0.3) is 0 Å². The second kappa shape index (κ2) is 5.06. The fourth-order valence-electron chi connectivity index (χ4n) is 3.22. The van der Waals surface area contributed by atoms with E-state index >= 15 is 0 Å². The van der Waals surface area contributed by atoms with E-state index in [0.29, 0.717) is 5.82 Å². The second-order valence-corrected chi connectivity index (χ2v) is 5.72. The van der Waals surface area contributed by atoms with Crippen molar-refractivity contribution in [1.82, 2.24) is 19.7 Å². The third kappa shape index (κ3) is 1.86. The Kier molecular flexibility index (Phi) is 2.76. The molecule has 0 fully saturated rings. The number of fused-ring (bicyclic) bond motifs is 3. The molecule has 2 aromatic heterocycles. The summed E-state index contributed by atoms with van der Waals surface area (Å²) in [5.41, 5.74) is 3.24. The minimum atomic E-state index is 0.701. The highest BCUT2D eigenvalue weighted by Crippen LogP contribution is 2.30. The standard InChI is InChI=1S/C20H14N4/c1-2-8-14(9-3-1)19-21-20(23-22-19)24-17-12-6-4-10-15(17)16-11-5-7-13-18(16)24/h1-13H,(H,21,22,23). The van der Waals surface area contributed by atoms with Gasteiger partial charge in [-0.2, -0.15) is 10.1 Å². The maximum absolute atomic E-state index is 4.72. The molecule has 0 atom stereocenters. The van der Waals surface area contributed by atoms with E-state index in [4.69, 9.17) is 4.98 Å². The minimum Gasteiger partial charge on any atom is -0.278 e. The number of rotatable bonds is 2. The van der Waals surface area contributed by atoms with Crippen LogP contribution >= 0.6 is 0 Å². The van der Waals surface area contributed by atoms with Crippen LogP contribution < -0.4 is 0 Å². The van der Waals surface area contributed by atoms with Crippen LogP contribution in [-0.4, -0.2) is 19.7 Å². The Bertz CT molecular complexity index is 1100. The number of H-pyrrole nitrogens is 1. The molecule has 0 aliphatic heterocycles. The first-order chi connectivity index (χ1) is 11.9. The van der Waals surface area contributed by atoms with Crippen LogP contribution in [0.2, 0.25) is 0 Å². The molecular weight excluding hydrogens is 296 g/mol. The second-order valence-electron chi connectivity index (χ2n) is 5.72. The fraction of sp³-hybridized carbons (Fsp3) is 0. The van der Waals surface area contributed by atoms with Crippen molar-refractivity contribution in [3.63, 3.8) is 0 Å². The molecule has 0 aliphatic rings. The van der Waals surface area contributed by atoms with Gasteiger partial charge in [0.05, 0.1) is 11.0 Å². The predicted octanol–water partition coefficient (Wildman–Crippen LogP) is 4.57. The van der Waals surface area contributed by atoms with Crippen molar-refractivity contribution in [2.24, 2.45) is 0 Å². The Morgan fingerprint density at radius 1 is 0.667 bits per heavy atom. The summed E-state index contributed by atoms with van der Waals surface area (Å²) in [4.78, 5) is 4.72. The van der Waals surface area contributed by atoms with E-state index in [9.17, 15) is 0 Å². The Morgan fingerprint density at radius 3 is 1.92 bits per heavy atom. The molecule has 0 radical (unpaired) electrons. The lowest BCUT2D eigenvalue weighted by Crippen LogP contribution is -1.96. The van der Waals surface area contributed by atoms with E-state index in [1.54, 1.807) is 0 Å². The highest BCUT2D eigenvalue weighted by Gasteiger charge is 2.14. The SMILES string of the molecule is c1ccc(-c2n[nH]c(-n3c4ccccc4c4ccccc43)n2)cc1. The number of para-hydroxylation sites is 2. The third-order valence-electron chi connectivity index (χ3n) is 4.30. The molecule has 24 heavy (non-hydrogen) atoms. The molecule has 3 aromatic carbocycles. The first-order valence-electron chi connectivity index (χ1n) is 7.88. The topological polar surface area (TPSA) is 46.5 Å². The number of nitrogens with zero attached hydrogens (tertiary/aromatic N) is 3. The number of benzene rings is 3. The fourth-order valence-corrected chi connectivity index (χ4v) is 3.22. The van der Waals surface area contributed by atoms with Crippen molar-refractivity contribution in [1.29, 1.82) is 0 Å². The van der Waals surface area contributed by atoms with Gasteiger partial charge in [0.15, 0.2) is 5.82 Å². The molecule has 4 heteroatoms. The maximum atomic E-state index is 4.72. The zero-order valence-electron chi connectivity index (χ0n) is 12.8. The number of nitrogens with one attached hydrogen (secondary N) is 1. The molecule has 0 unspecified atom stereocenters. The lowest BCUT2D eigenvalue weighted by Gasteiger charge is -2.01. The molecule has 2 heterocycles. The molecule has 0 bridgehead atoms. The maximum Gasteiger partial charge on any atom is 0.231 e. The average molecular weight is 310 g/mol. The van der Waals surface area contributed by atoms with Crippen molar-refractivity contribution in [3.05, 3.63) is 78.9 Å². The quantitative estimate of drug-likeness (QED) is 0.519. The highest BCUT2D eigenvalue weighted by molar-refractivity contribution is 6.08. The van der Waals surface area contributed by atoms with Gasteiger partial charge in [-0.1, -0.05) is 66.7 Å². The van der Waals surface area contributed by atoms with Crippen LogP contribution in [0.25, 0.3) is 39.1 Å². The zero-order chi connectivity index (χ0) is 15.9. The highest BCUT2D eigenvalue weighted by atomic mass is 15.3. The van der Waals surface area contributed by atoms with Gasteiger partial charge in [-0.05, 0) is 12.1 Å². The summed E-state index contributed by atoms with van der Waals surface area (Å²) in [5, 5.41) is 9.92. The van der Waals surface area contributed by atoms with Crippen LogP contribution in [0, 0.1) is 0 Å². The number of aromatic amines is 1. The predicted molar refractivity (Wildman–Crippen MR) is 96.2 cm³/mol. The molecule has 0 saturated carbocycles. The lowest BCUT2D eigenvalue weighted by molar-refractivity contribution is 0.990. The van der Waals surface area contributed by atoms with Gasteiger partial charge in [-0.3, -0.25) is 4.57 Å². The first kappa shape index (κ1) is 13.1. The first-order valence-corrected chi connectivity index (χ1v) is 7.88. The summed E-state index contributed by atoms with van der Waals surface area (Å²) in [7, 11) is 0. The van der Waals surface area contributed by atoms with E-state index in [0.717, 1.165) is 22.5 Å². The number of hydrogen-bond donors (Lipinski definition) is 1. The number of aromatic nitrogens is 4. The Balaban J connectivity index is 1.79. The van der Waals surface area contributed by atoms with Gasteiger partial charge < -0.3 is 0 Å². The van der Waals surface area contributed by atoms with E-state index in [1.165, 1.54) is 10.8 Å². The van der Waals surface area contributed by atoms with Crippen LogP contribution in [0.1, 0.15) is 0 Å². The molecule has 0 amide bonds. The monoisotopic (exact) mass is 310 g/mol. The van der Waals surface area contributed by atoms with Gasteiger partial charge in [0.1, 0.15) is 0 Å². The van der Waals surface area contributed by atoms with Crippen LogP contribution in [0.3, 0.4) is 0 Å². The van der Waals surface area contributed by atoms with Gasteiger partial charge in [-0.15, -0.1) is 0 Å². The van der Waals surface area contributed by atoms with Crippen LogP contribution in [0.15, 0.2) is 78.9 Å². The van der Waals surface area contributed by atoms with E-state index < -0.39 is 0 Å².